The molecule has 162 valence electrons. The summed E-state index contributed by atoms with van der Waals surface area (Å²) in [6.45, 7) is 4.01. The fourth-order valence-corrected chi connectivity index (χ4v) is 4.03. The molecule has 0 fully saturated rings. The lowest BCUT2D eigenvalue weighted by Crippen LogP contribution is -2.15. The van der Waals surface area contributed by atoms with Gasteiger partial charge in [-0.3, -0.25) is 14.3 Å². The predicted octanol–water partition coefficient (Wildman–Crippen LogP) is 4.69. The molecule has 1 amide bonds. The number of carbonyl (C=O) groups excluding carboxylic acids is 1. The van der Waals surface area contributed by atoms with E-state index in [9.17, 15) is 4.79 Å². The summed E-state index contributed by atoms with van der Waals surface area (Å²) in [4.78, 5) is 16.8. The number of benzene rings is 2. The molecule has 1 N–H and O–H groups in total. The van der Waals surface area contributed by atoms with E-state index in [1.165, 1.54) is 11.8 Å². The highest BCUT2D eigenvalue weighted by Crippen LogP contribution is 2.28. The number of thioether (sulfide) groups is 1. The van der Waals surface area contributed by atoms with Crippen molar-refractivity contribution in [2.45, 2.75) is 19.0 Å². The van der Waals surface area contributed by atoms with Gasteiger partial charge in [0, 0.05) is 29.3 Å². The molecule has 32 heavy (non-hydrogen) atoms. The number of hydrogen-bond acceptors (Lipinski definition) is 6. The lowest BCUT2D eigenvalue weighted by molar-refractivity contribution is -0.113. The van der Waals surface area contributed by atoms with E-state index in [1.54, 1.807) is 19.5 Å². The molecular formula is C24H23N5O2S. The Hall–Kier alpha value is -3.65. The van der Waals surface area contributed by atoms with Gasteiger partial charge < -0.3 is 10.1 Å². The first kappa shape index (κ1) is 21.6. The van der Waals surface area contributed by atoms with Gasteiger partial charge in [-0.25, -0.2) is 0 Å². The van der Waals surface area contributed by atoms with Crippen LogP contribution in [0.5, 0.6) is 5.75 Å². The molecule has 0 bridgehead atoms. The van der Waals surface area contributed by atoms with Crippen LogP contribution in [-0.4, -0.2) is 38.5 Å². The molecule has 0 unspecified atom stereocenters. The van der Waals surface area contributed by atoms with Crippen molar-refractivity contribution in [2.24, 2.45) is 0 Å². The van der Waals surface area contributed by atoms with Gasteiger partial charge in [-0.05, 0) is 61.9 Å². The lowest BCUT2D eigenvalue weighted by Gasteiger charge is -2.12. The fourth-order valence-electron chi connectivity index (χ4n) is 3.28. The SMILES string of the molecule is COc1ccc(-n2c(SCC(=O)Nc3ccc(C)cc3C)nnc2-c2cccnc2)cc1. The number of rotatable bonds is 7. The van der Waals surface area contributed by atoms with E-state index in [0.717, 1.165) is 33.8 Å². The number of nitrogens with zero attached hydrogens (tertiary/aromatic N) is 4. The zero-order valence-electron chi connectivity index (χ0n) is 18.1. The van der Waals surface area contributed by atoms with Crippen LogP contribution in [0, 0.1) is 13.8 Å². The van der Waals surface area contributed by atoms with Crippen molar-refractivity contribution in [3.8, 4) is 22.8 Å². The Morgan fingerprint density at radius 3 is 2.59 bits per heavy atom. The Labute approximate surface area is 190 Å². The van der Waals surface area contributed by atoms with Gasteiger partial charge in [-0.2, -0.15) is 0 Å². The summed E-state index contributed by atoms with van der Waals surface area (Å²) in [7, 11) is 1.63. The number of aryl methyl sites for hydroxylation is 2. The monoisotopic (exact) mass is 445 g/mol. The van der Waals surface area contributed by atoms with E-state index < -0.39 is 0 Å². The number of pyridine rings is 1. The summed E-state index contributed by atoms with van der Waals surface area (Å²) in [5.74, 6) is 1.51. The molecule has 8 heteroatoms. The van der Waals surface area contributed by atoms with Crippen molar-refractivity contribution in [3.05, 3.63) is 78.1 Å². The van der Waals surface area contributed by atoms with E-state index in [-0.39, 0.29) is 11.7 Å². The molecule has 7 nitrogen and oxygen atoms in total. The molecule has 0 saturated heterocycles. The van der Waals surface area contributed by atoms with Crippen LogP contribution in [0.2, 0.25) is 0 Å². The number of methoxy groups -OCH3 is 1. The van der Waals surface area contributed by atoms with Crippen LogP contribution in [0.1, 0.15) is 11.1 Å². The topological polar surface area (TPSA) is 81.9 Å². The molecule has 0 aliphatic carbocycles. The smallest absolute Gasteiger partial charge is 0.234 e. The number of hydrogen-bond donors (Lipinski definition) is 1. The molecule has 2 aromatic heterocycles. The summed E-state index contributed by atoms with van der Waals surface area (Å²) in [6, 6.07) is 17.4. The van der Waals surface area contributed by atoms with Crippen molar-refractivity contribution < 1.29 is 9.53 Å². The number of aromatic nitrogens is 4. The molecule has 2 heterocycles. The average Bonchev–Trinajstić information content (AvgIpc) is 3.24. The highest BCUT2D eigenvalue weighted by Gasteiger charge is 2.18. The second kappa shape index (κ2) is 9.65. The van der Waals surface area contributed by atoms with Crippen molar-refractivity contribution in [3.63, 3.8) is 0 Å². The zero-order valence-corrected chi connectivity index (χ0v) is 18.9. The molecule has 0 aliphatic rings. The minimum atomic E-state index is -0.103. The maximum Gasteiger partial charge on any atom is 0.234 e. The van der Waals surface area contributed by atoms with Crippen LogP contribution in [0.15, 0.2) is 72.1 Å². The third kappa shape index (κ3) is 4.81. The molecular weight excluding hydrogens is 422 g/mol. The fraction of sp³-hybridized carbons (Fsp3) is 0.167. The predicted molar refractivity (Wildman–Crippen MR) is 126 cm³/mol. The first-order valence-corrected chi connectivity index (χ1v) is 11.0. The largest absolute Gasteiger partial charge is 0.497 e. The molecule has 0 atom stereocenters. The summed E-state index contributed by atoms with van der Waals surface area (Å²) < 4.78 is 7.20. The normalized spacial score (nSPS) is 10.7. The standard InChI is InChI=1S/C24H23N5O2S/c1-16-6-11-21(17(2)13-16)26-22(30)15-32-24-28-27-23(18-5-4-12-25-14-18)29(24)19-7-9-20(31-3)10-8-19/h4-14H,15H2,1-3H3,(H,26,30). The highest BCUT2D eigenvalue weighted by molar-refractivity contribution is 7.99. The van der Waals surface area contributed by atoms with Gasteiger partial charge in [0.05, 0.1) is 12.9 Å². The molecule has 0 aliphatic heterocycles. The molecule has 4 rings (SSSR count). The number of ether oxygens (including phenoxy) is 1. The summed E-state index contributed by atoms with van der Waals surface area (Å²) >= 11 is 1.33. The van der Waals surface area contributed by atoms with Gasteiger partial charge >= 0.3 is 0 Å². The van der Waals surface area contributed by atoms with E-state index >= 15 is 0 Å². The second-order valence-corrected chi connectivity index (χ2v) is 8.18. The Bertz CT molecular complexity index is 1220. The quantitative estimate of drug-likeness (QED) is 0.416. The van der Waals surface area contributed by atoms with Crippen LogP contribution < -0.4 is 10.1 Å². The van der Waals surface area contributed by atoms with Gasteiger partial charge in [-0.15, -0.1) is 10.2 Å². The average molecular weight is 446 g/mol. The van der Waals surface area contributed by atoms with E-state index in [4.69, 9.17) is 4.74 Å². The summed E-state index contributed by atoms with van der Waals surface area (Å²) in [5, 5.41) is 12.3. The highest BCUT2D eigenvalue weighted by atomic mass is 32.2. The first-order chi connectivity index (χ1) is 15.5. The molecule has 0 saturated carbocycles. The van der Waals surface area contributed by atoms with Gasteiger partial charge in [0.2, 0.25) is 5.91 Å². The van der Waals surface area contributed by atoms with Crippen LogP contribution in [0.4, 0.5) is 5.69 Å². The number of nitrogens with one attached hydrogen (secondary N) is 1. The van der Waals surface area contributed by atoms with Crippen LogP contribution in [0.3, 0.4) is 0 Å². The van der Waals surface area contributed by atoms with Gasteiger partial charge in [0.25, 0.3) is 0 Å². The Kier molecular flexibility index (Phi) is 6.51. The van der Waals surface area contributed by atoms with Crippen LogP contribution in [0.25, 0.3) is 17.1 Å². The number of carbonyl (C=O) groups is 1. The lowest BCUT2D eigenvalue weighted by atomic mass is 10.1. The van der Waals surface area contributed by atoms with E-state index in [1.807, 2.05) is 73.0 Å². The first-order valence-electron chi connectivity index (χ1n) is 10.1. The number of amides is 1. The second-order valence-electron chi connectivity index (χ2n) is 7.24. The maximum atomic E-state index is 12.6. The number of anilines is 1. The minimum Gasteiger partial charge on any atom is -0.497 e. The third-order valence-electron chi connectivity index (χ3n) is 4.87. The van der Waals surface area contributed by atoms with Gasteiger partial charge in [-0.1, -0.05) is 29.5 Å². The van der Waals surface area contributed by atoms with Crippen molar-refractivity contribution in [2.75, 3.05) is 18.2 Å². The van der Waals surface area contributed by atoms with Crippen molar-refractivity contribution >= 4 is 23.4 Å². The zero-order chi connectivity index (χ0) is 22.5. The van der Waals surface area contributed by atoms with E-state index in [2.05, 4.69) is 20.5 Å². The Morgan fingerprint density at radius 2 is 1.91 bits per heavy atom. The molecule has 4 aromatic rings. The summed E-state index contributed by atoms with van der Waals surface area (Å²) in [6.07, 6.45) is 3.45. The third-order valence-corrected chi connectivity index (χ3v) is 5.80. The van der Waals surface area contributed by atoms with Crippen LogP contribution >= 0.6 is 11.8 Å². The van der Waals surface area contributed by atoms with Crippen molar-refractivity contribution in [1.29, 1.82) is 0 Å². The minimum absolute atomic E-state index is 0.103. The van der Waals surface area contributed by atoms with Gasteiger partial charge in [0.15, 0.2) is 11.0 Å². The summed E-state index contributed by atoms with van der Waals surface area (Å²) in [5.41, 5.74) is 4.71. The maximum absolute atomic E-state index is 12.6. The Balaban J connectivity index is 1.59. The van der Waals surface area contributed by atoms with Crippen LogP contribution in [-0.2, 0) is 4.79 Å². The van der Waals surface area contributed by atoms with Gasteiger partial charge in [0.1, 0.15) is 5.75 Å². The molecule has 0 radical (unpaired) electrons. The van der Waals surface area contributed by atoms with Crippen molar-refractivity contribution in [1.82, 2.24) is 19.7 Å². The van der Waals surface area contributed by atoms with E-state index in [0.29, 0.717) is 11.0 Å². The molecule has 0 spiro atoms. The Morgan fingerprint density at radius 1 is 1.09 bits per heavy atom. The molecule has 2 aromatic carbocycles.